The normalized spacial score (nSPS) is 15.5. The van der Waals surface area contributed by atoms with E-state index < -0.39 is 11.7 Å². The van der Waals surface area contributed by atoms with Gasteiger partial charge in [0.15, 0.2) is 6.61 Å². The number of amides is 2. The first kappa shape index (κ1) is 20.1. The van der Waals surface area contributed by atoms with Crippen molar-refractivity contribution in [3.63, 3.8) is 0 Å². The number of nitrogens with one attached hydrogen (secondary N) is 1. The van der Waals surface area contributed by atoms with Crippen LogP contribution >= 0.6 is 0 Å². The molecule has 0 aliphatic carbocycles. The Balaban J connectivity index is 1.74. The summed E-state index contributed by atoms with van der Waals surface area (Å²) in [4.78, 5) is 25.9. The molecule has 144 valence electrons. The Hall–Kier alpha value is -2.24. The Bertz CT molecular complexity index is 644. The third-order valence-corrected chi connectivity index (χ3v) is 4.41. The first-order valence-corrected chi connectivity index (χ1v) is 9.11. The summed E-state index contributed by atoms with van der Waals surface area (Å²) in [6.45, 7) is 10.8. The zero-order valence-corrected chi connectivity index (χ0v) is 16.4. The van der Waals surface area contributed by atoms with E-state index in [1.807, 2.05) is 52.8 Å². The minimum absolute atomic E-state index is 0.0288. The zero-order chi connectivity index (χ0) is 19.3. The number of likely N-dealkylation sites (tertiary alicyclic amines) is 1. The number of aryl methyl sites for hydroxylation is 2. The van der Waals surface area contributed by atoms with Crippen LogP contribution in [-0.2, 0) is 9.53 Å². The maximum absolute atomic E-state index is 12.3. The van der Waals surface area contributed by atoms with Crippen molar-refractivity contribution in [1.82, 2.24) is 10.2 Å². The number of hydrogen-bond acceptors (Lipinski definition) is 4. The molecule has 0 radical (unpaired) electrons. The van der Waals surface area contributed by atoms with Gasteiger partial charge in [-0.3, -0.25) is 4.79 Å². The molecule has 1 aromatic rings. The van der Waals surface area contributed by atoms with Crippen LogP contribution in [0, 0.1) is 13.8 Å². The van der Waals surface area contributed by atoms with Crippen LogP contribution in [0.1, 0.15) is 44.7 Å². The summed E-state index contributed by atoms with van der Waals surface area (Å²) in [6, 6.07) is 5.85. The number of rotatable bonds is 4. The van der Waals surface area contributed by atoms with Crippen LogP contribution in [0.5, 0.6) is 5.75 Å². The predicted molar refractivity (Wildman–Crippen MR) is 100 cm³/mol. The van der Waals surface area contributed by atoms with Gasteiger partial charge in [-0.15, -0.1) is 0 Å². The fraction of sp³-hybridized carbons (Fsp3) is 0.600. The molecule has 1 N–H and O–H groups in total. The van der Waals surface area contributed by atoms with Gasteiger partial charge in [0.05, 0.1) is 0 Å². The van der Waals surface area contributed by atoms with E-state index in [4.69, 9.17) is 9.47 Å². The summed E-state index contributed by atoms with van der Waals surface area (Å²) in [7, 11) is 0. The molecule has 6 nitrogen and oxygen atoms in total. The lowest BCUT2D eigenvalue weighted by Crippen LogP contribution is -2.48. The number of ether oxygens (including phenoxy) is 2. The van der Waals surface area contributed by atoms with Crippen molar-refractivity contribution in [2.45, 2.75) is 59.1 Å². The largest absolute Gasteiger partial charge is 0.484 e. The molecule has 0 aromatic heterocycles. The number of carbonyl (C=O) groups excluding carboxylic acids is 2. The van der Waals surface area contributed by atoms with Crippen molar-refractivity contribution in [2.75, 3.05) is 19.7 Å². The van der Waals surface area contributed by atoms with Gasteiger partial charge in [0.1, 0.15) is 11.4 Å². The molecular weight excluding hydrogens is 332 g/mol. The molecule has 0 bridgehead atoms. The van der Waals surface area contributed by atoms with E-state index in [1.165, 1.54) is 5.56 Å². The number of hydrogen-bond donors (Lipinski definition) is 1. The second-order valence-electron chi connectivity index (χ2n) is 7.84. The van der Waals surface area contributed by atoms with Gasteiger partial charge in [-0.2, -0.15) is 0 Å². The molecule has 26 heavy (non-hydrogen) atoms. The molecule has 2 amide bonds. The molecule has 2 rings (SSSR count). The Morgan fingerprint density at radius 3 is 2.38 bits per heavy atom. The van der Waals surface area contributed by atoms with Gasteiger partial charge >= 0.3 is 6.09 Å². The smallest absolute Gasteiger partial charge is 0.407 e. The van der Waals surface area contributed by atoms with E-state index in [0.717, 1.165) is 5.56 Å². The van der Waals surface area contributed by atoms with Crippen LogP contribution in [0.3, 0.4) is 0 Å². The van der Waals surface area contributed by atoms with E-state index >= 15 is 0 Å². The van der Waals surface area contributed by atoms with E-state index in [1.54, 1.807) is 4.90 Å². The molecule has 1 aromatic carbocycles. The maximum atomic E-state index is 12.3. The summed E-state index contributed by atoms with van der Waals surface area (Å²) in [5, 5.41) is 2.87. The zero-order valence-electron chi connectivity index (χ0n) is 16.4. The SMILES string of the molecule is Cc1ccc(OCC(=O)N2CCC(NC(=O)OC(C)(C)C)CC2)cc1C. The minimum atomic E-state index is -0.508. The summed E-state index contributed by atoms with van der Waals surface area (Å²) in [5.41, 5.74) is 1.83. The average Bonchev–Trinajstić information content (AvgIpc) is 2.54. The Labute approximate surface area is 155 Å². The topological polar surface area (TPSA) is 67.9 Å². The average molecular weight is 362 g/mol. The fourth-order valence-corrected chi connectivity index (χ4v) is 2.79. The summed E-state index contributed by atoms with van der Waals surface area (Å²) in [5.74, 6) is 0.682. The molecule has 6 heteroatoms. The molecule has 1 fully saturated rings. The van der Waals surface area contributed by atoms with Gasteiger partial charge in [-0.1, -0.05) is 6.07 Å². The Morgan fingerprint density at radius 1 is 1.15 bits per heavy atom. The molecule has 1 aliphatic rings. The third-order valence-electron chi connectivity index (χ3n) is 4.41. The number of piperidine rings is 1. The molecular formula is C20H30N2O4. The van der Waals surface area contributed by atoms with Gasteiger partial charge < -0.3 is 19.7 Å². The second kappa shape index (κ2) is 8.43. The summed E-state index contributed by atoms with van der Waals surface area (Å²) in [6.07, 6.45) is 1.03. The minimum Gasteiger partial charge on any atom is -0.484 e. The van der Waals surface area contributed by atoms with E-state index in [2.05, 4.69) is 5.32 Å². The van der Waals surface area contributed by atoms with Gasteiger partial charge in [0, 0.05) is 19.1 Å². The highest BCUT2D eigenvalue weighted by atomic mass is 16.6. The van der Waals surface area contributed by atoms with Crippen molar-refractivity contribution in [3.8, 4) is 5.75 Å². The van der Waals surface area contributed by atoms with Crippen molar-refractivity contribution in [1.29, 1.82) is 0 Å². The molecule has 1 heterocycles. The number of alkyl carbamates (subject to hydrolysis) is 1. The molecule has 0 atom stereocenters. The van der Waals surface area contributed by atoms with Crippen molar-refractivity contribution < 1.29 is 19.1 Å². The second-order valence-corrected chi connectivity index (χ2v) is 7.84. The highest BCUT2D eigenvalue weighted by Crippen LogP contribution is 2.17. The van der Waals surface area contributed by atoms with Gasteiger partial charge in [-0.25, -0.2) is 4.79 Å². The molecule has 1 aliphatic heterocycles. The van der Waals surface area contributed by atoms with Crippen LogP contribution in [0.4, 0.5) is 4.79 Å². The maximum Gasteiger partial charge on any atom is 0.407 e. The Kier molecular flexibility index (Phi) is 6.51. The molecule has 0 spiro atoms. The van der Waals surface area contributed by atoms with Crippen molar-refractivity contribution in [2.24, 2.45) is 0 Å². The first-order chi connectivity index (χ1) is 12.1. The Morgan fingerprint density at radius 2 is 1.81 bits per heavy atom. The van der Waals surface area contributed by atoms with Gasteiger partial charge in [0.25, 0.3) is 5.91 Å². The molecule has 1 saturated heterocycles. The van der Waals surface area contributed by atoms with Crippen molar-refractivity contribution >= 4 is 12.0 Å². The molecule has 0 unspecified atom stereocenters. The van der Waals surface area contributed by atoms with E-state index in [9.17, 15) is 9.59 Å². The van der Waals surface area contributed by atoms with Crippen LogP contribution in [-0.4, -0.2) is 48.2 Å². The van der Waals surface area contributed by atoms with Crippen LogP contribution in [0.2, 0.25) is 0 Å². The van der Waals surface area contributed by atoms with Crippen LogP contribution < -0.4 is 10.1 Å². The third kappa shape index (κ3) is 6.24. The number of benzene rings is 1. The summed E-state index contributed by atoms with van der Waals surface area (Å²) >= 11 is 0. The van der Waals surface area contributed by atoms with Crippen molar-refractivity contribution in [3.05, 3.63) is 29.3 Å². The quantitative estimate of drug-likeness (QED) is 0.893. The summed E-state index contributed by atoms with van der Waals surface area (Å²) < 4.78 is 10.9. The highest BCUT2D eigenvalue weighted by molar-refractivity contribution is 5.78. The lowest BCUT2D eigenvalue weighted by Gasteiger charge is -2.32. The number of nitrogens with zero attached hydrogens (tertiary/aromatic N) is 1. The van der Waals surface area contributed by atoms with E-state index in [0.29, 0.717) is 31.7 Å². The lowest BCUT2D eigenvalue weighted by atomic mass is 10.1. The standard InChI is InChI=1S/C20H30N2O4/c1-14-6-7-17(12-15(14)2)25-13-18(23)22-10-8-16(9-11-22)21-19(24)26-20(3,4)5/h6-7,12,16H,8-11,13H2,1-5H3,(H,21,24). The number of carbonyl (C=O) groups is 2. The van der Waals surface area contributed by atoms with E-state index in [-0.39, 0.29) is 18.6 Å². The predicted octanol–water partition coefficient (Wildman–Crippen LogP) is 3.20. The fourth-order valence-electron chi connectivity index (χ4n) is 2.79. The lowest BCUT2D eigenvalue weighted by molar-refractivity contribution is -0.134. The first-order valence-electron chi connectivity index (χ1n) is 9.11. The van der Waals surface area contributed by atoms with Crippen LogP contribution in [0.15, 0.2) is 18.2 Å². The van der Waals surface area contributed by atoms with Crippen LogP contribution in [0.25, 0.3) is 0 Å². The molecule has 0 saturated carbocycles. The highest BCUT2D eigenvalue weighted by Gasteiger charge is 2.25. The van der Waals surface area contributed by atoms with Gasteiger partial charge in [-0.05, 0) is 70.7 Å². The van der Waals surface area contributed by atoms with Gasteiger partial charge in [0.2, 0.25) is 0 Å². The monoisotopic (exact) mass is 362 g/mol.